The molecule has 0 radical (unpaired) electrons. The van der Waals surface area contributed by atoms with Gasteiger partial charge in [0.05, 0.1) is 18.0 Å². The highest BCUT2D eigenvalue weighted by Crippen LogP contribution is 2.17. The Labute approximate surface area is 132 Å². The van der Waals surface area contributed by atoms with E-state index in [-0.39, 0.29) is 0 Å². The summed E-state index contributed by atoms with van der Waals surface area (Å²) < 4.78 is 7.48. The summed E-state index contributed by atoms with van der Waals surface area (Å²) in [6, 6.07) is 8.18. The van der Waals surface area contributed by atoms with Crippen molar-refractivity contribution >= 4 is 0 Å². The maximum Gasteiger partial charge on any atom is 0.119 e. The monoisotopic (exact) mass is 302 g/mol. The molecule has 120 valence electrons. The van der Waals surface area contributed by atoms with Crippen LogP contribution in [0.2, 0.25) is 0 Å². The van der Waals surface area contributed by atoms with Crippen LogP contribution in [0.4, 0.5) is 0 Å². The highest BCUT2D eigenvalue weighted by atomic mass is 16.5. The van der Waals surface area contributed by atoms with Crippen molar-refractivity contribution in [2.24, 2.45) is 11.7 Å². The van der Waals surface area contributed by atoms with Gasteiger partial charge in [-0.15, -0.1) is 5.10 Å². The second-order valence-corrected chi connectivity index (χ2v) is 5.85. The fraction of sp³-hybridized carbons (Fsp3) is 0.529. The Morgan fingerprint density at radius 1 is 1.23 bits per heavy atom. The van der Waals surface area contributed by atoms with Crippen LogP contribution in [-0.4, -0.2) is 21.6 Å². The van der Waals surface area contributed by atoms with Gasteiger partial charge in [0.25, 0.3) is 0 Å². The Balaban J connectivity index is 2.14. The molecule has 2 aromatic rings. The molecule has 0 aliphatic carbocycles. The molecule has 5 nitrogen and oxygen atoms in total. The van der Waals surface area contributed by atoms with Crippen LogP contribution in [0.3, 0.4) is 0 Å². The fourth-order valence-corrected chi connectivity index (χ4v) is 2.34. The normalized spacial score (nSPS) is 11.1. The predicted octanol–water partition coefficient (Wildman–Crippen LogP) is 2.77. The average Bonchev–Trinajstić information content (AvgIpc) is 2.89. The van der Waals surface area contributed by atoms with Crippen LogP contribution in [0.25, 0.3) is 0 Å². The fourth-order valence-electron chi connectivity index (χ4n) is 2.34. The van der Waals surface area contributed by atoms with Crippen molar-refractivity contribution in [1.29, 1.82) is 0 Å². The van der Waals surface area contributed by atoms with E-state index in [2.05, 4.69) is 36.3 Å². The number of ether oxygens (including phenoxy) is 1. The minimum absolute atomic E-state index is 0.425. The van der Waals surface area contributed by atoms with Crippen molar-refractivity contribution in [3.63, 3.8) is 0 Å². The largest absolute Gasteiger partial charge is 0.494 e. The summed E-state index contributed by atoms with van der Waals surface area (Å²) in [5.41, 5.74) is 9.02. The second-order valence-electron chi connectivity index (χ2n) is 5.85. The number of aromatic nitrogens is 3. The number of hydrogen-bond acceptors (Lipinski definition) is 4. The van der Waals surface area contributed by atoms with Gasteiger partial charge >= 0.3 is 0 Å². The Bertz CT molecular complexity index is 575. The molecule has 1 aromatic carbocycles. The summed E-state index contributed by atoms with van der Waals surface area (Å²) in [6.45, 7) is 8.41. The lowest BCUT2D eigenvalue weighted by Crippen LogP contribution is -2.10. The van der Waals surface area contributed by atoms with Crippen LogP contribution < -0.4 is 10.5 Å². The molecule has 2 rings (SSSR count). The molecule has 5 heteroatoms. The maximum absolute atomic E-state index is 5.80. The third-order valence-electron chi connectivity index (χ3n) is 3.64. The Morgan fingerprint density at radius 3 is 2.55 bits per heavy atom. The van der Waals surface area contributed by atoms with Crippen LogP contribution in [0.15, 0.2) is 24.3 Å². The van der Waals surface area contributed by atoms with Crippen molar-refractivity contribution in [3.05, 3.63) is 41.2 Å². The van der Waals surface area contributed by atoms with E-state index in [1.807, 2.05) is 23.7 Å². The summed E-state index contributed by atoms with van der Waals surface area (Å²) in [6.07, 6.45) is 1.88. The number of nitrogens with two attached hydrogens (primary N) is 1. The van der Waals surface area contributed by atoms with Crippen LogP contribution in [0, 0.1) is 5.92 Å². The highest BCUT2D eigenvalue weighted by molar-refractivity contribution is 5.30. The highest BCUT2D eigenvalue weighted by Gasteiger charge is 2.12. The van der Waals surface area contributed by atoms with E-state index < -0.39 is 0 Å². The quantitative estimate of drug-likeness (QED) is 0.814. The van der Waals surface area contributed by atoms with Crippen molar-refractivity contribution in [1.82, 2.24) is 15.0 Å². The van der Waals surface area contributed by atoms with E-state index in [0.717, 1.165) is 36.5 Å². The van der Waals surface area contributed by atoms with E-state index in [9.17, 15) is 0 Å². The van der Waals surface area contributed by atoms with Crippen LogP contribution in [-0.2, 0) is 19.5 Å². The van der Waals surface area contributed by atoms with Crippen LogP contribution in [0.5, 0.6) is 5.75 Å². The summed E-state index contributed by atoms with van der Waals surface area (Å²) in [5, 5.41) is 8.48. The van der Waals surface area contributed by atoms with Gasteiger partial charge in [0.15, 0.2) is 0 Å². The molecule has 0 atom stereocenters. The molecule has 2 N–H and O–H groups in total. The van der Waals surface area contributed by atoms with E-state index in [4.69, 9.17) is 10.5 Å². The summed E-state index contributed by atoms with van der Waals surface area (Å²) in [7, 11) is 0. The standard InChI is InChI=1S/C17H26N4O/c1-4-22-15-7-5-14(6-8-15)11-17-16(12-18)19-20-21(17)10-9-13(2)3/h5-8,13H,4,9-12,18H2,1-3H3. The zero-order valence-corrected chi connectivity index (χ0v) is 13.7. The maximum atomic E-state index is 5.80. The molecule has 0 aliphatic heterocycles. The van der Waals surface area contributed by atoms with Gasteiger partial charge in [0.2, 0.25) is 0 Å². The zero-order valence-electron chi connectivity index (χ0n) is 13.7. The van der Waals surface area contributed by atoms with Gasteiger partial charge in [-0.05, 0) is 37.0 Å². The average molecular weight is 302 g/mol. The van der Waals surface area contributed by atoms with Gasteiger partial charge in [-0.2, -0.15) is 0 Å². The molecule has 1 aromatic heterocycles. The summed E-state index contributed by atoms with van der Waals surface area (Å²) in [5.74, 6) is 1.54. The van der Waals surface area contributed by atoms with Gasteiger partial charge in [-0.25, -0.2) is 4.68 Å². The van der Waals surface area contributed by atoms with Crippen molar-refractivity contribution in [2.45, 2.75) is 46.7 Å². The molecular weight excluding hydrogens is 276 g/mol. The molecule has 22 heavy (non-hydrogen) atoms. The Morgan fingerprint density at radius 2 is 1.95 bits per heavy atom. The van der Waals surface area contributed by atoms with Crippen LogP contribution >= 0.6 is 0 Å². The Hall–Kier alpha value is -1.88. The zero-order chi connectivity index (χ0) is 15.9. The van der Waals surface area contributed by atoms with E-state index in [0.29, 0.717) is 19.1 Å². The molecular formula is C17H26N4O. The first kappa shape index (κ1) is 16.5. The van der Waals surface area contributed by atoms with Crippen molar-refractivity contribution < 1.29 is 4.74 Å². The van der Waals surface area contributed by atoms with Gasteiger partial charge in [-0.1, -0.05) is 31.2 Å². The summed E-state index contributed by atoms with van der Waals surface area (Å²) in [4.78, 5) is 0. The second kappa shape index (κ2) is 7.94. The number of rotatable bonds is 8. The molecule has 0 spiro atoms. The number of benzene rings is 1. The lowest BCUT2D eigenvalue weighted by molar-refractivity contribution is 0.340. The Kier molecular flexibility index (Phi) is 5.95. The summed E-state index contributed by atoms with van der Waals surface area (Å²) >= 11 is 0. The molecule has 0 saturated carbocycles. The molecule has 0 fully saturated rings. The predicted molar refractivity (Wildman–Crippen MR) is 87.8 cm³/mol. The van der Waals surface area contributed by atoms with E-state index in [1.54, 1.807) is 0 Å². The lowest BCUT2D eigenvalue weighted by Gasteiger charge is -2.10. The molecule has 0 unspecified atom stereocenters. The van der Waals surface area contributed by atoms with Crippen LogP contribution in [0.1, 0.15) is 44.1 Å². The molecule has 0 amide bonds. The first-order valence-electron chi connectivity index (χ1n) is 7.97. The van der Waals surface area contributed by atoms with Gasteiger partial charge in [0.1, 0.15) is 5.75 Å². The third-order valence-corrected chi connectivity index (χ3v) is 3.64. The van der Waals surface area contributed by atoms with E-state index >= 15 is 0 Å². The van der Waals surface area contributed by atoms with Gasteiger partial charge < -0.3 is 10.5 Å². The number of nitrogens with zero attached hydrogens (tertiary/aromatic N) is 3. The first-order chi connectivity index (χ1) is 10.6. The third kappa shape index (κ3) is 4.31. The molecule has 0 bridgehead atoms. The first-order valence-corrected chi connectivity index (χ1v) is 7.97. The van der Waals surface area contributed by atoms with Crippen molar-refractivity contribution in [2.75, 3.05) is 6.61 Å². The molecule has 0 saturated heterocycles. The SMILES string of the molecule is CCOc1ccc(Cc2c(CN)nnn2CCC(C)C)cc1. The van der Waals surface area contributed by atoms with Gasteiger partial charge in [0, 0.05) is 19.5 Å². The lowest BCUT2D eigenvalue weighted by atomic mass is 10.1. The number of aryl methyl sites for hydroxylation is 1. The smallest absolute Gasteiger partial charge is 0.119 e. The minimum Gasteiger partial charge on any atom is -0.494 e. The molecule has 1 heterocycles. The van der Waals surface area contributed by atoms with Gasteiger partial charge in [-0.3, -0.25) is 0 Å². The minimum atomic E-state index is 0.425. The number of hydrogen-bond donors (Lipinski definition) is 1. The molecule has 0 aliphatic rings. The van der Waals surface area contributed by atoms with E-state index in [1.165, 1.54) is 5.56 Å². The topological polar surface area (TPSA) is 66.0 Å². The van der Waals surface area contributed by atoms with Crippen molar-refractivity contribution in [3.8, 4) is 5.75 Å².